The maximum absolute atomic E-state index is 11.8. The first-order valence-corrected chi connectivity index (χ1v) is 9.82. The average Bonchev–Trinajstić information content (AvgIpc) is 3.28. The van der Waals surface area contributed by atoms with Crippen molar-refractivity contribution in [2.24, 2.45) is 46.8 Å². The Morgan fingerprint density at radius 1 is 1.17 bits per heavy atom. The molecule has 4 fully saturated rings. The van der Waals surface area contributed by atoms with E-state index >= 15 is 0 Å². The molecule has 8 atom stereocenters. The van der Waals surface area contributed by atoms with Gasteiger partial charge in [-0.2, -0.15) is 5.26 Å². The van der Waals surface area contributed by atoms with Gasteiger partial charge in [-0.05, 0) is 91.9 Å². The summed E-state index contributed by atoms with van der Waals surface area (Å²) in [5.41, 5.74) is 1.82. The van der Waals surface area contributed by atoms with Gasteiger partial charge in [0.05, 0.1) is 12.0 Å². The summed E-state index contributed by atoms with van der Waals surface area (Å²) in [5.74, 6) is 5.46. The first-order chi connectivity index (χ1) is 11.2. The number of nitriles is 1. The van der Waals surface area contributed by atoms with E-state index in [-0.39, 0.29) is 0 Å². The van der Waals surface area contributed by atoms with E-state index in [1.54, 1.807) is 0 Å². The number of carbonyl (C=O) groups excluding carboxylic acids is 1. The molecule has 23 heavy (non-hydrogen) atoms. The minimum Gasteiger partial charge on any atom is -0.295 e. The highest BCUT2D eigenvalue weighted by Crippen LogP contribution is 2.75. The topological polar surface area (TPSA) is 40.9 Å². The Labute approximate surface area is 139 Å². The minimum atomic E-state index is 0.341. The lowest BCUT2D eigenvalue weighted by Gasteiger charge is -2.55. The van der Waals surface area contributed by atoms with Gasteiger partial charge in [0, 0.05) is 6.42 Å². The predicted molar refractivity (Wildman–Crippen MR) is 88.2 cm³/mol. The Morgan fingerprint density at radius 2 is 2.04 bits per heavy atom. The summed E-state index contributed by atoms with van der Waals surface area (Å²) in [6.07, 6.45) is 11.4. The van der Waals surface area contributed by atoms with Crippen LogP contribution in [-0.4, -0.2) is 5.78 Å². The lowest BCUT2D eigenvalue weighted by Crippen LogP contribution is -2.49. The fourth-order valence-electron chi connectivity index (χ4n) is 7.77. The molecule has 5 aliphatic carbocycles. The number of hydrogen-bond donors (Lipinski definition) is 0. The SMILES string of the molecule is CC[C@]12CCC3C4CCC(=O)C=C4CCC3C1[C@@H]1C[C@@H]1[C@@H]2C#N. The van der Waals surface area contributed by atoms with Crippen LogP contribution in [0.4, 0.5) is 0 Å². The number of ketones is 1. The molecule has 5 aliphatic rings. The number of rotatable bonds is 1. The molecular weight excluding hydrogens is 282 g/mol. The molecule has 0 aromatic rings. The Hall–Kier alpha value is -1.10. The van der Waals surface area contributed by atoms with E-state index < -0.39 is 0 Å². The van der Waals surface area contributed by atoms with E-state index in [0.29, 0.717) is 23.0 Å². The van der Waals surface area contributed by atoms with Crippen molar-refractivity contribution >= 4 is 5.78 Å². The lowest BCUT2D eigenvalue weighted by atomic mass is 9.49. The third-order valence-electron chi connectivity index (χ3n) is 8.62. The molecule has 0 heterocycles. The van der Waals surface area contributed by atoms with Crippen LogP contribution >= 0.6 is 0 Å². The van der Waals surface area contributed by atoms with Crippen molar-refractivity contribution in [3.05, 3.63) is 11.6 Å². The van der Waals surface area contributed by atoms with Crippen LogP contribution in [0, 0.1) is 58.2 Å². The molecule has 4 saturated carbocycles. The van der Waals surface area contributed by atoms with Gasteiger partial charge in [-0.1, -0.05) is 12.5 Å². The van der Waals surface area contributed by atoms with Crippen molar-refractivity contribution in [1.29, 1.82) is 5.26 Å². The molecule has 4 unspecified atom stereocenters. The number of nitrogens with zero attached hydrogens (tertiary/aromatic N) is 1. The smallest absolute Gasteiger partial charge is 0.155 e. The van der Waals surface area contributed by atoms with E-state index in [2.05, 4.69) is 13.0 Å². The van der Waals surface area contributed by atoms with Crippen molar-refractivity contribution in [2.75, 3.05) is 0 Å². The Morgan fingerprint density at radius 3 is 2.83 bits per heavy atom. The van der Waals surface area contributed by atoms with Crippen LogP contribution in [0.15, 0.2) is 11.6 Å². The van der Waals surface area contributed by atoms with Crippen LogP contribution in [0.1, 0.15) is 58.3 Å². The van der Waals surface area contributed by atoms with Gasteiger partial charge < -0.3 is 0 Å². The molecular formula is C21H27NO. The molecule has 0 spiro atoms. The van der Waals surface area contributed by atoms with Crippen LogP contribution in [0.3, 0.4) is 0 Å². The molecule has 0 aromatic carbocycles. The van der Waals surface area contributed by atoms with Gasteiger partial charge in [-0.3, -0.25) is 4.79 Å². The molecule has 5 rings (SSSR count). The maximum atomic E-state index is 11.8. The van der Waals surface area contributed by atoms with Gasteiger partial charge in [0.15, 0.2) is 5.78 Å². The van der Waals surface area contributed by atoms with Crippen LogP contribution < -0.4 is 0 Å². The number of carbonyl (C=O) groups is 1. The second-order valence-corrected chi connectivity index (χ2v) is 9.02. The van der Waals surface area contributed by atoms with Crippen LogP contribution in [0.25, 0.3) is 0 Å². The molecule has 2 heteroatoms. The maximum Gasteiger partial charge on any atom is 0.155 e. The zero-order chi connectivity index (χ0) is 15.8. The quantitative estimate of drug-likeness (QED) is 0.715. The Balaban J connectivity index is 1.51. The van der Waals surface area contributed by atoms with Crippen molar-refractivity contribution in [2.45, 2.75) is 58.3 Å². The largest absolute Gasteiger partial charge is 0.295 e. The van der Waals surface area contributed by atoms with E-state index in [0.717, 1.165) is 48.9 Å². The summed E-state index contributed by atoms with van der Waals surface area (Å²) in [7, 11) is 0. The van der Waals surface area contributed by atoms with Crippen LogP contribution in [0.5, 0.6) is 0 Å². The summed E-state index contributed by atoms with van der Waals surface area (Å²) >= 11 is 0. The number of fused-ring (bicyclic) bond motifs is 7. The molecule has 0 aliphatic heterocycles. The van der Waals surface area contributed by atoms with Gasteiger partial charge in [0.2, 0.25) is 0 Å². The highest BCUT2D eigenvalue weighted by molar-refractivity contribution is 5.91. The molecule has 0 bridgehead atoms. The summed E-state index contributed by atoms with van der Waals surface area (Å²) in [6, 6.07) is 2.75. The van der Waals surface area contributed by atoms with Crippen molar-refractivity contribution in [3.8, 4) is 6.07 Å². The van der Waals surface area contributed by atoms with E-state index in [4.69, 9.17) is 0 Å². The Kier molecular flexibility index (Phi) is 2.92. The van der Waals surface area contributed by atoms with E-state index in [1.165, 1.54) is 37.7 Å². The van der Waals surface area contributed by atoms with Crippen LogP contribution in [-0.2, 0) is 4.79 Å². The highest BCUT2D eigenvalue weighted by Gasteiger charge is 2.70. The Bertz CT molecular complexity index is 628. The number of hydrogen-bond acceptors (Lipinski definition) is 2. The zero-order valence-electron chi connectivity index (χ0n) is 14.1. The van der Waals surface area contributed by atoms with E-state index in [9.17, 15) is 10.1 Å². The molecule has 0 radical (unpaired) electrons. The molecule has 0 amide bonds. The second-order valence-electron chi connectivity index (χ2n) is 9.02. The summed E-state index contributed by atoms with van der Waals surface area (Å²) < 4.78 is 0. The highest BCUT2D eigenvalue weighted by atomic mass is 16.1. The van der Waals surface area contributed by atoms with Crippen LogP contribution in [0.2, 0.25) is 0 Å². The first kappa shape index (κ1) is 14.3. The van der Waals surface area contributed by atoms with Gasteiger partial charge in [-0.25, -0.2) is 0 Å². The van der Waals surface area contributed by atoms with Crippen molar-refractivity contribution in [3.63, 3.8) is 0 Å². The fourth-order valence-corrected chi connectivity index (χ4v) is 7.77. The lowest BCUT2D eigenvalue weighted by molar-refractivity contribution is -0.116. The minimum absolute atomic E-state index is 0.341. The predicted octanol–water partition coefficient (Wildman–Crippen LogP) is 4.51. The van der Waals surface area contributed by atoms with Gasteiger partial charge in [-0.15, -0.1) is 0 Å². The summed E-state index contributed by atoms with van der Waals surface area (Å²) in [4.78, 5) is 11.8. The van der Waals surface area contributed by atoms with Gasteiger partial charge in [0.25, 0.3) is 0 Å². The summed E-state index contributed by atoms with van der Waals surface area (Å²) in [6.45, 7) is 2.34. The second kappa shape index (κ2) is 4.71. The van der Waals surface area contributed by atoms with E-state index in [1.807, 2.05) is 6.08 Å². The zero-order valence-corrected chi connectivity index (χ0v) is 14.1. The third-order valence-corrected chi connectivity index (χ3v) is 8.62. The standard InChI is InChI=1S/C21H27NO/c1-2-21-8-7-15-14-6-4-13(23)9-12(14)3-5-16(15)20(21)18-10-17(18)19(21)11-22/h9,14-20H,2-8,10H2,1H3/t14?,15?,16?,17-,18+,19-,20?,21+/m0/s1. The average molecular weight is 309 g/mol. The molecule has 0 saturated heterocycles. The normalized spacial score (nSPS) is 53.3. The third kappa shape index (κ3) is 1.72. The summed E-state index contributed by atoms with van der Waals surface area (Å²) in [5, 5.41) is 9.81. The van der Waals surface area contributed by atoms with Crippen molar-refractivity contribution in [1.82, 2.24) is 0 Å². The van der Waals surface area contributed by atoms with Gasteiger partial charge in [0.1, 0.15) is 0 Å². The van der Waals surface area contributed by atoms with Gasteiger partial charge >= 0.3 is 0 Å². The first-order valence-electron chi connectivity index (χ1n) is 9.82. The monoisotopic (exact) mass is 309 g/mol. The molecule has 0 aromatic heterocycles. The van der Waals surface area contributed by atoms with Crippen molar-refractivity contribution < 1.29 is 4.79 Å². The fraction of sp³-hybridized carbons (Fsp3) is 0.810. The molecule has 0 N–H and O–H groups in total. The number of allylic oxidation sites excluding steroid dienone is 1. The molecule has 122 valence electrons. The molecule has 2 nitrogen and oxygen atoms in total.